The van der Waals surface area contributed by atoms with Crippen molar-refractivity contribution in [3.8, 4) is 0 Å². The van der Waals surface area contributed by atoms with Gasteiger partial charge in [0, 0.05) is 15.1 Å². The standard InChI is InChI=1S/C16H19BrS/c1-2-15-8-9-16(18-15)11-14(12-17)10-13-6-4-3-5-7-13/h3-9,14H,2,10-12H2,1H3. The molecule has 0 radical (unpaired) electrons. The van der Waals surface area contributed by atoms with E-state index >= 15 is 0 Å². The van der Waals surface area contributed by atoms with Crippen molar-refractivity contribution in [1.82, 2.24) is 0 Å². The van der Waals surface area contributed by atoms with Crippen LogP contribution in [0.15, 0.2) is 42.5 Å². The zero-order valence-electron chi connectivity index (χ0n) is 10.7. The van der Waals surface area contributed by atoms with Gasteiger partial charge in [-0.25, -0.2) is 0 Å². The highest BCUT2D eigenvalue weighted by Gasteiger charge is 2.10. The molecule has 2 heteroatoms. The summed E-state index contributed by atoms with van der Waals surface area (Å²) in [6.07, 6.45) is 3.50. The Balaban J connectivity index is 1.97. The molecule has 0 spiro atoms. The highest BCUT2D eigenvalue weighted by molar-refractivity contribution is 9.09. The van der Waals surface area contributed by atoms with Gasteiger partial charge >= 0.3 is 0 Å². The van der Waals surface area contributed by atoms with Crippen LogP contribution in [0.1, 0.15) is 22.2 Å². The van der Waals surface area contributed by atoms with E-state index in [0.29, 0.717) is 5.92 Å². The van der Waals surface area contributed by atoms with Crippen LogP contribution >= 0.6 is 27.3 Å². The van der Waals surface area contributed by atoms with E-state index in [1.807, 2.05) is 11.3 Å². The zero-order chi connectivity index (χ0) is 12.8. The number of rotatable bonds is 6. The van der Waals surface area contributed by atoms with Gasteiger partial charge in [0.25, 0.3) is 0 Å². The van der Waals surface area contributed by atoms with E-state index in [1.165, 1.54) is 21.7 Å². The number of alkyl halides is 1. The van der Waals surface area contributed by atoms with Gasteiger partial charge in [-0.1, -0.05) is 53.2 Å². The highest BCUT2D eigenvalue weighted by atomic mass is 79.9. The van der Waals surface area contributed by atoms with Crippen molar-refractivity contribution < 1.29 is 0 Å². The topological polar surface area (TPSA) is 0 Å². The maximum Gasteiger partial charge on any atom is 0.00663 e. The quantitative estimate of drug-likeness (QED) is 0.648. The van der Waals surface area contributed by atoms with Crippen molar-refractivity contribution in [3.05, 3.63) is 57.8 Å². The Morgan fingerprint density at radius 3 is 2.33 bits per heavy atom. The third kappa shape index (κ3) is 3.96. The summed E-state index contributed by atoms with van der Waals surface area (Å²) in [6.45, 7) is 2.22. The Kier molecular flexibility index (Phi) is 5.45. The minimum Gasteiger partial charge on any atom is -0.145 e. The van der Waals surface area contributed by atoms with Gasteiger partial charge < -0.3 is 0 Å². The van der Waals surface area contributed by atoms with Crippen LogP contribution in [-0.2, 0) is 19.3 Å². The lowest BCUT2D eigenvalue weighted by Crippen LogP contribution is -2.08. The molecule has 1 unspecified atom stereocenters. The summed E-state index contributed by atoms with van der Waals surface area (Å²) < 4.78 is 0. The smallest absolute Gasteiger partial charge is 0.00663 e. The maximum atomic E-state index is 3.66. The van der Waals surface area contributed by atoms with Crippen LogP contribution in [-0.4, -0.2) is 5.33 Å². The van der Waals surface area contributed by atoms with Crippen molar-refractivity contribution in [2.45, 2.75) is 26.2 Å². The molecular weight excluding hydrogens is 304 g/mol. The van der Waals surface area contributed by atoms with Gasteiger partial charge in [-0.05, 0) is 42.9 Å². The van der Waals surface area contributed by atoms with Gasteiger partial charge in [0.15, 0.2) is 0 Å². The van der Waals surface area contributed by atoms with Gasteiger partial charge in [-0.3, -0.25) is 0 Å². The summed E-state index contributed by atoms with van der Waals surface area (Å²) in [5.41, 5.74) is 1.44. The predicted octanol–water partition coefficient (Wildman–Crippen LogP) is 5.11. The number of halogens is 1. The molecule has 96 valence electrons. The van der Waals surface area contributed by atoms with Crippen molar-refractivity contribution in [1.29, 1.82) is 0 Å². The summed E-state index contributed by atoms with van der Waals surface area (Å²) >= 11 is 5.63. The first-order chi connectivity index (χ1) is 8.81. The molecular formula is C16H19BrS. The largest absolute Gasteiger partial charge is 0.145 e. The Morgan fingerprint density at radius 1 is 1.00 bits per heavy atom. The Hall–Kier alpha value is -0.600. The third-order valence-electron chi connectivity index (χ3n) is 3.14. The van der Waals surface area contributed by atoms with Crippen molar-refractivity contribution >= 4 is 27.3 Å². The fourth-order valence-electron chi connectivity index (χ4n) is 2.14. The van der Waals surface area contributed by atoms with E-state index in [1.54, 1.807) is 0 Å². The van der Waals surface area contributed by atoms with Gasteiger partial charge in [0.2, 0.25) is 0 Å². The molecule has 0 aliphatic carbocycles. The van der Waals surface area contributed by atoms with E-state index < -0.39 is 0 Å². The molecule has 0 saturated carbocycles. The first-order valence-electron chi connectivity index (χ1n) is 6.49. The van der Waals surface area contributed by atoms with E-state index in [-0.39, 0.29) is 0 Å². The fourth-order valence-corrected chi connectivity index (χ4v) is 3.67. The van der Waals surface area contributed by atoms with Crippen molar-refractivity contribution in [3.63, 3.8) is 0 Å². The average molecular weight is 323 g/mol. The van der Waals surface area contributed by atoms with E-state index in [2.05, 4.69) is 65.3 Å². The lowest BCUT2D eigenvalue weighted by atomic mass is 9.97. The Labute approximate surface area is 122 Å². The van der Waals surface area contributed by atoms with Crippen molar-refractivity contribution in [2.75, 3.05) is 5.33 Å². The summed E-state index contributed by atoms with van der Waals surface area (Å²) in [4.78, 5) is 3.02. The number of benzene rings is 1. The molecule has 1 atom stereocenters. The molecule has 0 N–H and O–H groups in total. The summed E-state index contributed by atoms with van der Waals surface area (Å²) in [6, 6.07) is 15.3. The molecule has 0 nitrogen and oxygen atoms in total. The van der Waals surface area contributed by atoms with Crippen LogP contribution < -0.4 is 0 Å². The van der Waals surface area contributed by atoms with Crippen LogP contribution in [0.4, 0.5) is 0 Å². The second-order valence-corrected chi connectivity index (χ2v) is 6.54. The zero-order valence-corrected chi connectivity index (χ0v) is 13.1. The molecule has 0 aliphatic rings. The van der Waals surface area contributed by atoms with Gasteiger partial charge in [-0.2, -0.15) is 0 Å². The molecule has 1 aromatic heterocycles. The maximum absolute atomic E-state index is 3.66. The minimum atomic E-state index is 0.691. The molecule has 1 heterocycles. The van der Waals surface area contributed by atoms with E-state index in [4.69, 9.17) is 0 Å². The van der Waals surface area contributed by atoms with Crippen LogP contribution in [0.2, 0.25) is 0 Å². The summed E-state index contributed by atoms with van der Waals surface area (Å²) in [7, 11) is 0. The second-order valence-electron chi connectivity index (χ2n) is 4.64. The second kappa shape index (κ2) is 7.10. The van der Waals surface area contributed by atoms with Gasteiger partial charge in [0.1, 0.15) is 0 Å². The lowest BCUT2D eigenvalue weighted by molar-refractivity contribution is 0.596. The molecule has 0 fully saturated rings. The predicted molar refractivity (Wildman–Crippen MR) is 84.8 cm³/mol. The fraction of sp³-hybridized carbons (Fsp3) is 0.375. The van der Waals surface area contributed by atoms with Crippen LogP contribution in [0.5, 0.6) is 0 Å². The SMILES string of the molecule is CCc1ccc(CC(CBr)Cc2ccccc2)s1. The molecule has 0 saturated heterocycles. The number of hydrogen-bond acceptors (Lipinski definition) is 1. The molecule has 2 aromatic rings. The lowest BCUT2D eigenvalue weighted by Gasteiger charge is -2.12. The van der Waals surface area contributed by atoms with Crippen molar-refractivity contribution in [2.24, 2.45) is 5.92 Å². The van der Waals surface area contributed by atoms with E-state index in [0.717, 1.165) is 18.2 Å². The monoisotopic (exact) mass is 322 g/mol. The molecule has 1 aromatic carbocycles. The summed E-state index contributed by atoms with van der Waals surface area (Å²) in [5, 5.41) is 1.07. The first kappa shape index (κ1) is 13.8. The molecule has 0 bridgehead atoms. The van der Waals surface area contributed by atoms with Crippen LogP contribution in [0, 0.1) is 5.92 Å². The number of hydrogen-bond donors (Lipinski definition) is 0. The molecule has 18 heavy (non-hydrogen) atoms. The third-order valence-corrected chi connectivity index (χ3v) is 5.31. The molecule has 0 amide bonds. The first-order valence-corrected chi connectivity index (χ1v) is 8.43. The van der Waals surface area contributed by atoms with E-state index in [9.17, 15) is 0 Å². The molecule has 2 rings (SSSR count). The summed E-state index contributed by atoms with van der Waals surface area (Å²) in [5.74, 6) is 0.691. The Morgan fingerprint density at radius 2 is 1.72 bits per heavy atom. The Bertz CT molecular complexity index is 461. The average Bonchev–Trinajstić information content (AvgIpc) is 2.87. The normalized spacial score (nSPS) is 12.6. The number of thiophene rings is 1. The minimum absolute atomic E-state index is 0.691. The molecule has 0 aliphatic heterocycles. The highest BCUT2D eigenvalue weighted by Crippen LogP contribution is 2.23. The number of aryl methyl sites for hydroxylation is 1. The van der Waals surface area contributed by atoms with Gasteiger partial charge in [-0.15, -0.1) is 11.3 Å². The van der Waals surface area contributed by atoms with Crippen LogP contribution in [0.25, 0.3) is 0 Å². The van der Waals surface area contributed by atoms with Crippen LogP contribution in [0.3, 0.4) is 0 Å². The van der Waals surface area contributed by atoms with Gasteiger partial charge in [0.05, 0.1) is 0 Å².